The van der Waals surface area contributed by atoms with E-state index in [-0.39, 0.29) is 34.5 Å². The summed E-state index contributed by atoms with van der Waals surface area (Å²) in [6.07, 6.45) is -1.08. The summed E-state index contributed by atoms with van der Waals surface area (Å²) in [4.78, 5) is 26.3. The zero-order valence-electron chi connectivity index (χ0n) is 18.9. The van der Waals surface area contributed by atoms with Crippen LogP contribution in [0.5, 0.6) is 17.2 Å². The van der Waals surface area contributed by atoms with E-state index in [4.69, 9.17) is 9.47 Å². The van der Waals surface area contributed by atoms with Crippen molar-refractivity contribution >= 4 is 38.9 Å². The fourth-order valence-electron chi connectivity index (χ4n) is 3.60. The molecule has 0 radical (unpaired) electrons. The number of phenols is 1. The monoisotopic (exact) mass is 497 g/mol. The van der Waals surface area contributed by atoms with Gasteiger partial charge in [-0.15, -0.1) is 0 Å². The van der Waals surface area contributed by atoms with Gasteiger partial charge in [0.25, 0.3) is 15.9 Å². The predicted molar refractivity (Wildman–Crippen MR) is 129 cm³/mol. The maximum Gasteiger partial charge on any atom is 0.267 e. The van der Waals surface area contributed by atoms with E-state index in [9.17, 15) is 23.1 Å². The van der Waals surface area contributed by atoms with Crippen LogP contribution in [0, 0.1) is 0 Å². The number of anilines is 3. The second-order valence-corrected chi connectivity index (χ2v) is 9.36. The number of benzene rings is 3. The molecule has 0 aromatic heterocycles. The fourth-order valence-corrected chi connectivity index (χ4v) is 4.69. The third kappa shape index (κ3) is 4.99. The molecule has 1 aliphatic rings. The SMILES string of the molecule is COc1ccccc1NS(=O)(=O)c1ccc(O)c(NC(=O)C2CN(C(C)=O)c3ccccc3O2)c1. The largest absolute Gasteiger partial charge is 0.506 e. The number of rotatable bonds is 6. The Bertz CT molecular complexity index is 1390. The molecule has 1 heterocycles. The Morgan fingerprint density at radius 1 is 1.06 bits per heavy atom. The minimum absolute atomic E-state index is 0.0493. The second kappa shape index (κ2) is 9.55. The topological polar surface area (TPSA) is 134 Å². The van der Waals surface area contributed by atoms with Crippen molar-refractivity contribution in [2.45, 2.75) is 17.9 Å². The lowest BCUT2D eigenvalue weighted by atomic mass is 10.1. The van der Waals surface area contributed by atoms with Gasteiger partial charge in [0, 0.05) is 6.92 Å². The first kappa shape index (κ1) is 23.9. The number of ether oxygens (including phenoxy) is 2. The molecule has 1 aliphatic heterocycles. The highest BCUT2D eigenvalue weighted by Crippen LogP contribution is 2.34. The number of methoxy groups -OCH3 is 1. The number of phenolic OH excluding ortho intramolecular Hbond substituents is 1. The van der Waals surface area contributed by atoms with E-state index in [0.717, 1.165) is 12.1 Å². The molecular formula is C24H23N3O7S. The first-order valence-electron chi connectivity index (χ1n) is 10.5. The molecule has 3 N–H and O–H groups in total. The maximum atomic E-state index is 13.0. The van der Waals surface area contributed by atoms with Crippen molar-refractivity contribution in [1.29, 1.82) is 0 Å². The van der Waals surface area contributed by atoms with Gasteiger partial charge in [-0.2, -0.15) is 0 Å². The molecule has 0 saturated heterocycles. The van der Waals surface area contributed by atoms with Crippen molar-refractivity contribution in [1.82, 2.24) is 0 Å². The number of sulfonamides is 1. The van der Waals surface area contributed by atoms with Crippen molar-refractivity contribution < 1.29 is 32.6 Å². The molecule has 0 spiro atoms. The maximum absolute atomic E-state index is 13.0. The molecule has 11 heteroatoms. The first-order chi connectivity index (χ1) is 16.7. The molecule has 182 valence electrons. The molecule has 0 aliphatic carbocycles. The van der Waals surface area contributed by atoms with Crippen molar-refractivity contribution in [3.8, 4) is 17.2 Å². The van der Waals surface area contributed by atoms with Crippen LogP contribution < -0.4 is 24.4 Å². The van der Waals surface area contributed by atoms with Crippen LogP contribution >= 0.6 is 0 Å². The molecule has 35 heavy (non-hydrogen) atoms. The third-order valence-electron chi connectivity index (χ3n) is 5.33. The van der Waals surface area contributed by atoms with Crippen LogP contribution in [0.4, 0.5) is 17.1 Å². The summed E-state index contributed by atoms with van der Waals surface area (Å²) in [5, 5.41) is 12.8. The number of nitrogens with zero attached hydrogens (tertiary/aromatic N) is 1. The quantitative estimate of drug-likeness (QED) is 0.446. The summed E-state index contributed by atoms with van der Waals surface area (Å²) >= 11 is 0. The molecule has 0 fully saturated rings. The molecule has 1 atom stereocenters. The molecule has 3 aromatic carbocycles. The third-order valence-corrected chi connectivity index (χ3v) is 6.70. The summed E-state index contributed by atoms with van der Waals surface area (Å²) in [5.74, 6) is -0.580. The van der Waals surface area contributed by atoms with Gasteiger partial charge in [0.15, 0.2) is 6.10 Å². The summed E-state index contributed by atoms with van der Waals surface area (Å²) in [7, 11) is -2.67. The summed E-state index contributed by atoms with van der Waals surface area (Å²) in [6, 6.07) is 16.8. The van der Waals surface area contributed by atoms with Crippen LogP contribution in [0.2, 0.25) is 0 Å². The van der Waals surface area contributed by atoms with Crippen molar-refractivity contribution in [2.75, 3.05) is 28.6 Å². The lowest BCUT2D eigenvalue weighted by Crippen LogP contribution is -2.48. The Labute approximate surface area is 202 Å². The van der Waals surface area contributed by atoms with Gasteiger partial charge in [0.2, 0.25) is 5.91 Å². The number of fused-ring (bicyclic) bond motifs is 1. The smallest absolute Gasteiger partial charge is 0.267 e. The number of amides is 2. The second-order valence-electron chi connectivity index (χ2n) is 7.68. The van der Waals surface area contributed by atoms with Gasteiger partial charge in [-0.3, -0.25) is 14.3 Å². The number of para-hydroxylation sites is 4. The number of carbonyl (C=O) groups is 2. The number of aromatic hydroxyl groups is 1. The average molecular weight is 498 g/mol. The Balaban J connectivity index is 1.57. The van der Waals surface area contributed by atoms with Crippen molar-refractivity contribution in [3.63, 3.8) is 0 Å². The summed E-state index contributed by atoms with van der Waals surface area (Å²) in [5.41, 5.74) is 0.643. The van der Waals surface area contributed by atoms with Crippen LogP contribution in [-0.4, -0.2) is 45.1 Å². The Kier molecular flexibility index (Phi) is 6.52. The van der Waals surface area contributed by atoms with E-state index in [2.05, 4.69) is 10.0 Å². The number of nitrogens with one attached hydrogen (secondary N) is 2. The van der Waals surface area contributed by atoms with E-state index >= 15 is 0 Å². The van der Waals surface area contributed by atoms with Crippen LogP contribution in [0.1, 0.15) is 6.92 Å². The van der Waals surface area contributed by atoms with Crippen LogP contribution in [0.25, 0.3) is 0 Å². The lowest BCUT2D eigenvalue weighted by molar-refractivity contribution is -0.123. The lowest BCUT2D eigenvalue weighted by Gasteiger charge is -2.33. The van der Waals surface area contributed by atoms with Gasteiger partial charge in [0.05, 0.1) is 35.6 Å². The Morgan fingerprint density at radius 2 is 1.77 bits per heavy atom. The minimum atomic E-state index is -4.08. The Morgan fingerprint density at radius 3 is 2.51 bits per heavy atom. The van der Waals surface area contributed by atoms with Gasteiger partial charge in [-0.1, -0.05) is 24.3 Å². The van der Waals surface area contributed by atoms with Gasteiger partial charge in [-0.05, 0) is 42.5 Å². The minimum Gasteiger partial charge on any atom is -0.506 e. The van der Waals surface area contributed by atoms with E-state index < -0.39 is 22.0 Å². The number of carbonyl (C=O) groups excluding carboxylic acids is 2. The van der Waals surface area contributed by atoms with Crippen molar-refractivity contribution in [3.05, 3.63) is 66.7 Å². The first-order valence-corrected chi connectivity index (χ1v) is 12.0. The van der Waals surface area contributed by atoms with E-state index in [1.54, 1.807) is 48.5 Å². The highest BCUT2D eigenvalue weighted by Gasteiger charge is 2.33. The van der Waals surface area contributed by atoms with Gasteiger partial charge in [0.1, 0.15) is 17.2 Å². The number of hydrogen-bond donors (Lipinski definition) is 3. The average Bonchev–Trinajstić information content (AvgIpc) is 2.84. The standard InChI is InChI=1S/C24H23N3O7S/c1-15(28)27-14-23(34-22-10-6-4-8-19(22)27)24(30)25-18-13-16(11-12-20(18)29)35(31,32)26-17-7-3-5-9-21(17)33-2/h3-13,23,26,29H,14H2,1-2H3,(H,25,30). The van der Waals surface area contributed by atoms with Gasteiger partial charge < -0.3 is 24.8 Å². The molecule has 2 amide bonds. The van der Waals surface area contributed by atoms with Crippen molar-refractivity contribution in [2.24, 2.45) is 0 Å². The molecular weight excluding hydrogens is 474 g/mol. The molecule has 10 nitrogen and oxygen atoms in total. The molecule has 0 saturated carbocycles. The van der Waals surface area contributed by atoms with Crippen LogP contribution in [0.3, 0.4) is 0 Å². The highest BCUT2D eigenvalue weighted by atomic mass is 32.2. The Hall–Kier alpha value is -4.25. The zero-order chi connectivity index (χ0) is 25.2. The molecule has 0 bridgehead atoms. The molecule has 4 rings (SSSR count). The molecule has 3 aromatic rings. The van der Waals surface area contributed by atoms with E-state index in [0.29, 0.717) is 17.2 Å². The molecule has 1 unspecified atom stereocenters. The van der Waals surface area contributed by atoms with Gasteiger partial charge >= 0.3 is 0 Å². The summed E-state index contributed by atoms with van der Waals surface area (Å²) < 4.78 is 39.3. The zero-order valence-corrected chi connectivity index (χ0v) is 19.7. The van der Waals surface area contributed by atoms with Gasteiger partial charge in [-0.25, -0.2) is 8.42 Å². The number of hydrogen-bond acceptors (Lipinski definition) is 7. The van der Waals surface area contributed by atoms with Crippen LogP contribution in [-0.2, 0) is 19.6 Å². The predicted octanol–water partition coefficient (Wildman–Crippen LogP) is 2.95. The van der Waals surface area contributed by atoms with E-state index in [1.807, 2.05) is 0 Å². The fraction of sp³-hybridized carbons (Fsp3) is 0.167. The highest BCUT2D eigenvalue weighted by molar-refractivity contribution is 7.92. The summed E-state index contributed by atoms with van der Waals surface area (Å²) in [6.45, 7) is 1.33. The van der Waals surface area contributed by atoms with E-state index in [1.165, 1.54) is 25.0 Å². The van der Waals surface area contributed by atoms with Crippen LogP contribution in [0.15, 0.2) is 71.6 Å². The normalized spacial score (nSPS) is 14.9.